The van der Waals surface area contributed by atoms with Gasteiger partial charge in [0.2, 0.25) is 9.84 Å². The minimum Gasteiger partial charge on any atom is -0.489 e. The maximum atomic E-state index is 12.7. The summed E-state index contributed by atoms with van der Waals surface area (Å²) in [7, 11) is -3.87. The lowest BCUT2D eigenvalue weighted by molar-refractivity contribution is 0.306. The van der Waals surface area contributed by atoms with Crippen molar-refractivity contribution < 1.29 is 13.2 Å². The van der Waals surface area contributed by atoms with E-state index in [2.05, 4.69) is 0 Å². The van der Waals surface area contributed by atoms with Crippen LogP contribution >= 0.6 is 11.6 Å². The van der Waals surface area contributed by atoms with E-state index in [9.17, 15) is 13.7 Å². The largest absolute Gasteiger partial charge is 0.489 e. The Morgan fingerprint density at radius 1 is 1.00 bits per heavy atom. The first kappa shape index (κ1) is 19.7. The normalized spacial score (nSPS) is 11.6. The van der Waals surface area contributed by atoms with E-state index in [1.165, 1.54) is 18.2 Å². The lowest BCUT2D eigenvalue weighted by Crippen LogP contribution is -2.03. The average molecular weight is 410 g/mol. The number of nitrogens with zero attached hydrogens (tertiary/aromatic N) is 1. The van der Waals surface area contributed by atoms with Crippen LogP contribution in [0.2, 0.25) is 5.02 Å². The molecule has 0 bridgehead atoms. The molecule has 28 heavy (non-hydrogen) atoms. The third-order valence-corrected chi connectivity index (χ3v) is 5.86. The number of rotatable bonds is 6. The van der Waals surface area contributed by atoms with E-state index in [1.54, 1.807) is 60.7 Å². The molecule has 0 atom stereocenters. The number of ether oxygens (including phenoxy) is 1. The minimum atomic E-state index is -3.87. The molecular weight excluding hydrogens is 394 g/mol. The second-order valence-electron chi connectivity index (χ2n) is 5.92. The van der Waals surface area contributed by atoms with Gasteiger partial charge in [-0.15, -0.1) is 0 Å². The van der Waals surface area contributed by atoms with Gasteiger partial charge in [0.1, 0.15) is 23.3 Å². The molecule has 3 aromatic carbocycles. The summed E-state index contributed by atoms with van der Waals surface area (Å²) in [6, 6.07) is 23.9. The molecule has 0 radical (unpaired) electrons. The molecule has 3 aromatic rings. The van der Waals surface area contributed by atoms with Crippen molar-refractivity contribution in [2.24, 2.45) is 0 Å². The topological polar surface area (TPSA) is 67.2 Å². The summed E-state index contributed by atoms with van der Waals surface area (Å²) in [6.45, 7) is 0.345. The third-order valence-electron chi connectivity index (χ3n) is 3.93. The molecule has 0 aliphatic carbocycles. The van der Waals surface area contributed by atoms with Gasteiger partial charge in [-0.1, -0.05) is 54.1 Å². The van der Waals surface area contributed by atoms with Gasteiger partial charge in [0, 0.05) is 5.02 Å². The Kier molecular flexibility index (Phi) is 6.15. The zero-order valence-corrected chi connectivity index (χ0v) is 16.3. The van der Waals surface area contributed by atoms with Crippen molar-refractivity contribution in [1.82, 2.24) is 0 Å². The predicted octanol–water partition coefficient (Wildman–Crippen LogP) is 5.26. The van der Waals surface area contributed by atoms with Gasteiger partial charge in [0.25, 0.3) is 0 Å². The van der Waals surface area contributed by atoms with Crippen LogP contribution in [0.3, 0.4) is 0 Å². The summed E-state index contributed by atoms with van der Waals surface area (Å²) >= 11 is 5.87. The van der Waals surface area contributed by atoms with Crippen molar-refractivity contribution in [2.45, 2.75) is 11.5 Å². The first-order chi connectivity index (χ1) is 13.5. The molecule has 3 rings (SSSR count). The van der Waals surface area contributed by atoms with E-state index in [4.69, 9.17) is 16.3 Å². The predicted molar refractivity (Wildman–Crippen MR) is 109 cm³/mol. The highest BCUT2D eigenvalue weighted by molar-refractivity contribution is 7.95. The van der Waals surface area contributed by atoms with E-state index in [-0.39, 0.29) is 9.80 Å². The Balaban J connectivity index is 1.82. The maximum Gasteiger partial charge on any atom is 0.216 e. The molecule has 0 aliphatic rings. The van der Waals surface area contributed by atoms with Gasteiger partial charge < -0.3 is 4.74 Å². The Labute approximate surface area is 169 Å². The zero-order valence-electron chi connectivity index (χ0n) is 14.7. The van der Waals surface area contributed by atoms with Gasteiger partial charge >= 0.3 is 0 Å². The highest BCUT2D eigenvalue weighted by atomic mass is 35.5. The molecule has 140 valence electrons. The van der Waals surface area contributed by atoms with Crippen LogP contribution in [-0.4, -0.2) is 8.42 Å². The van der Waals surface area contributed by atoms with Crippen molar-refractivity contribution in [1.29, 1.82) is 5.26 Å². The van der Waals surface area contributed by atoms with Crippen LogP contribution in [-0.2, 0) is 16.4 Å². The second kappa shape index (κ2) is 8.75. The molecule has 4 nitrogen and oxygen atoms in total. The summed E-state index contributed by atoms with van der Waals surface area (Å²) in [5, 5.41) is 10.0. The average Bonchev–Trinajstić information content (AvgIpc) is 2.72. The van der Waals surface area contributed by atoms with Crippen molar-refractivity contribution in [3.8, 4) is 11.8 Å². The standard InChI is InChI=1S/C22H16ClNO3S/c23-19-11-9-17(10-12-19)16-27-20-6-4-5-18(13-20)14-22(15-24)28(25,26)21-7-2-1-3-8-21/h1-14H,16H2/b22-14+. The van der Waals surface area contributed by atoms with Crippen LogP contribution in [0.4, 0.5) is 0 Å². The van der Waals surface area contributed by atoms with E-state index >= 15 is 0 Å². The summed E-state index contributed by atoms with van der Waals surface area (Å²) < 4.78 is 31.1. The Morgan fingerprint density at radius 2 is 1.71 bits per heavy atom. The number of allylic oxidation sites excluding steroid dienone is 1. The summed E-state index contributed by atoms with van der Waals surface area (Å²) in [5.74, 6) is 0.568. The highest BCUT2D eigenvalue weighted by Crippen LogP contribution is 2.23. The number of hydrogen-bond donors (Lipinski definition) is 0. The summed E-state index contributed by atoms with van der Waals surface area (Å²) in [5.41, 5.74) is 1.51. The molecule has 0 spiro atoms. The molecule has 0 heterocycles. The van der Waals surface area contributed by atoms with Crippen LogP contribution in [0.1, 0.15) is 11.1 Å². The fraction of sp³-hybridized carbons (Fsp3) is 0.0455. The molecule has 0 unspecified atom stereocenters. The second-order valence-corrected chi connectivity index (χ2v) is 8.28. The Morgan fingerprint density at radius 3 is 2.39 bits per heavy atom. The zero-order chi connectivity index (χ0) is 20.0. The molecule has 0 aromatic heterocycles. The molecule has 0 fully saturated rings. The van der Waals surface area contributed by atoms with Gasteiger partial charge in [-0.3, -0.25) is 0 Å². The van der Waals surface area contributed by atoms with Gasteiger partial charge in [-0.2, -0.15) is 5.26 Å². The van der Waals surface area contributed by atoms with Crippen LogP contribution in [0.25, 0.3) is 6.08 Å². The fourth-order valence-electron chi connectivity index (χ4n) is 2.49. The van der Waals surface area contributed by atoms with E-state index in [1.807, 2.05) is 12.1 Å². The number of halogens is 1. The molecule has 0 saturated carbocycles. The van der Waals surface area contributed by atoms with E-state index in [0.717, 1.165) is 5.56 Å². The van der Waals surface area contributed by atoms with Crippen molar-refractivity contribution >= 4 is 27.5 Å². The molecule has 0 N–H and O–H groups in total. The van der Waals surface area contributed by atoms with Gasteiger partial charge in [-0.25, -0.2) is 8.42 Å². The fourth-order valence-corrected chi connectivity index (χ4v) is 3.80. The SMILES string of the molecule is N#C/C(=C\c1cccc(OCc2ccc(Cl)cc2)c1)S(=O)(=O)c1ccccc1. The van der Waals surface area contributed by atoms with Crippen LogP contribution in [0.15, 0.2) is 88.7 Å². The molecule has 0 saturated heterocycles. The van der Waals surface area contributed by atoms with Crippen molar-refractivity contribution in [3.63, 3.8) is 0 Å². The Bertz CT molecular complexity index is 1130. The monoisotopic (exact) mass is 409 g/mol. The molecule has 6 heteroatoms. The van der Waals surface area contributed by atoms with Gasteiger partial charge in [-0.05, 0) is 53.6 Å². The lowest BCUT2D eigenvalue weighted by atomic mass is 10.2. The lowest BCUT2D eigenvalue weighted by Gasteiger charge is -2.08. The first-order valence-electron chi connectivity index (χ1n) is 8.38. The Hall–Kier alpha value is -3.07. The third kappa shape index (κ3) is 4.80. The number of benzene rings is 3. The quantitative estimate of drug-likeness (QED) is 0.521. The van der Waals surface area contributed by atoms with E-state index < -0.39 is 9.84 Å². The van der Waals surface area contributed by atoms with Crippen LogP contribution < -0.4 is 4.74 Å². The smallest absolute Gasteiger partial charge is 0.216 e. The first-order valence-corrected chi connectivity index (χ1v) is 10.2. The maximum absolute atomic E-state index is 12.7. The number of sulfone groups is 1. The molecule has 0 amide bonds. The molecular formula is C22H16ClNO3S. The van der Waals surface area contributed by atoms with Crippen molar-refractivity contribution in [2.75, 3.05) is 0 Å². The van der Waals surface area contributed by atoms with Crippen molar-refractivity contribution in [3.05, 3.63) is 99.9 Å². The van der Waals surface area contributed by atoms with Crippen LogP contribution in [0, 0.1) is 11.3 Å². The summed E-state index contributed by atoms with van der Waals surface area (Å²) in [6.07, 6.45) is 1.34. The number of nitriles is 1. The minimum absolute atomic E-state index is 0.0814. The van der Waals surface area contributed by atoms with E-state index in [0.29, 0.717) is 22.9 Å². The highest BCUT2D eigenvalue weighted by Gasteiger charge is 2.20. The molecule has 0 aliphatic heterocycles. The summed E-state index contributed by atoms with van der Waals surface area (Å²) in [4.78, 5) is -0.244. The van der Waals surface area contributed by atoms with Gasteiger partial charge in [0.05, 0.1) is 4.90 Å². The number of hydrogen-bond acceptors (Lipinski definition) is 4. The van der Waals surface area contributed by atoms with Crippen LogP contribution in [0.5, 0.6) is 5.75 Å². The van der Waals surface area contributed by atoms with Gasteiger partial charge in [0.15, 0.2) is 0 Å².